The van der Waals surface area contributed by atoms with Gasteiger partial charge in [0.1, 0.15) is 0 Å². The molecule has 0 radical (unpaired) electrons. The highest BCUT2D eigenvalue weighted by atomic mass is 16.2. The third kappa shape index (κ3) is 5.09. The van der Waals surface area contributed by atoms with Crippen LogP contribution in [-0.4, -0.2) is 24.9 Å². The van der Waals surface area contributed by atoms with Crippen LogP contribution in [0.3, 0.4) is 0 Å². The van der Waals surface area contributed by atoms with Crippen LogP contribution in [0.5, 0.6) is 0 Å². The molecule has 0 aliphatic heterocycles. The lowest BCUT2D eigenvalue weighted by atomic mass is 10.1. The van der Waals surface area contributed by atoms with Gasteiger partial charge in [0.05, 0.1) is 0 Å². The van der Waals surface area contributed by atoms with Gasteiger partial charge < -0.3 is 16.4 Å². The Hall–Kier alpha value is -1.88. The maximum atomic E-state index is 11.8. The van der Waals surface area contributed by atoms with Crippen molar-refractivity contribution in [1.29, 1.82) is 0 Å². The molecule has 0 aliphatic carbocycles. The maximum Gasteiger partial charge on any atom is 0.248 e. The third-order valence-electron chi connectivity index (χ3n) is 2.83. The van der Waals surface area contributed by atoms with Crippen LogP contribution in [0.4, 0.5) is 0 Å². The van der Waals surface area contributed by atoms with E-state index < -0.39 is 5.91 Å². The van der Waals surface area contributed by atoms with Crippen molar-refractivity contribution in [3.8, 4) is 0 Å². The zero-order valence-electron chi connectivity index (χ0n) is 11.4. The van der Waals surface area contributed by atoms with E-state index in [1.54, 1.807) is 18.2 Å². The van der Waals surface area contributed by atoms with Gasteiger partial charge in [0.25, 0.3) is 0 Å². The maximum absolute atomic E-state index is 11.8. The van der Waals surface area contributed by atoms with Crippen LogP contribution in [0, 0.1) is 5.92 Å². The van der Waals surface area contributed by atoms with Crippen molar-refractivity contribution in [2.45, 2.75) is 20.4 Å². The molecule has 1 aromatic carbocycles. The van der Waals surface area contributed by atoms with Crippen molar-refractivity contribution < 1.29 is 9.59 Å². The largest absolute Gasteiger partial charge is 0.366 e. The van der Waals surface area contributed by atoms with Crippen LogP contribution in [0.1, 0.15) is 29.8 Å². The van der Waals surface area contributed by atoms with Gasteiger partial charge in [0, 0.05) is 24.6 Å². The van der Waals surface area contributed by atoms with Crippen molar-refractivity contribution in [2.75, 3.05) is 13.1 Å². The van der Waals surface area contributed by atoms with Crippen molar-refractivity contribution in [3.05, 3.63) is 35.4 Å². The number of rotatable bonds is 7. The Kier molecular flexibility index (Phi) is 6.02. The first-order valence-corrected chi connectivity index (χ1v) is 6.41. The molecular formula is C14H21N3O2. The summed E-state index contributed by atoms with van der Waals surface area (Å²) in [5.41, 5.74) is 6.52. The Morgan fingerprint density at radius 1 is 1.37 bits per heavy atom. The van der Waals surface area contributed by atoms with Crippen LogP contribution < -0.4 is 16.4 Å². The topological polar surface area (TPSA) is 84.2 Å². The highest BCUT2D eigenvalue weighted by Crippen LogP contribution is 2.05. The molecule has 0 fully saturated rings. The minimum atomic E-state index is -0.464. The normalized spacial score (nSPS) is 11.9. The van der Waals surface area contributed by atoms with Gasteiger partial charge in [-0.15, -0.1) is 0 Å². The van der Waals surface area contributed by atoms with E-state index in [2.05, 4.69) is 10.6 Å². The Balaban J connectivity index is 2.50. The summed E-state index contributed by atoms with van der Waals surface area (Å²) in [6.07, 6.45) is 0. The SMILES string of the molecule is CCNCC(C)C(=O)NCc1cccc(C(N)=O)c1. The number of hydrogen-bond acceptors (Lipinski definition) is 3. The summed E-state index contributed by atoms with van der Waals surface area (Å²) >= 11 is 0. The molecule has 5 nitrogen and oxygen atoms in total. The zero-order chi connectivity index (χ0) is 14.3. The second-order valence-corrected chi connectivity index (χ2v) is 4.49. The quantitative estimate of drug-likeness (QED) is 0.675. The van der Waals surface area contributed by atoms with Crippen LogP contribution in [0.15, 0.2) is 24.3 Å². The van der Waals surface area contributed by atoms with E-state index in [0.29, 0.717) is 18.7 Å². The van der Waals surface area contributed by atoms with Gasteiger partial charge in [-0.25, -0.2) is 0 Å². The van der Waals surface area contributed by atoms with Gasteiger partial charge in [0.2, 0.25) is 11.8 Å². The van der Waals surface area contributed by atoms with Crippen LogP contribution in [0.2, 0.25) is 0 Å². The molecule has 1 unspecified atom stereocenters. The number of carbonyl (C=O) groups excluding carboxylic acids is 2. The number of hydrogen-bond donors (Lipinski definition) is 3. The lowest BCUT2D eigenvalue weighted by molar-refractivity contribution is -0.124. The molecule has 4 N–H and O–H groups in total. The highest BCUT2D eigenvalue weighted by Gasteiger charge is 2.11. The summed E-state index contributed by atoms with van der Waals surface area (Å²) in [4.78, 5) is 22.8. The third-order valence-corrected chi connectivity index (χ3v) is 2.83. The average molecular weight is 263 g/mol. The molecule has 104 valence electrons. The average Bonchev–Trinajstić information content (AvgIpc) is 2.42. The molecule has 0 heterocycles. The number of primary amides is 1. The van der Waals surface area contributed by atoms with E-state index >= 15 is 0 Å². The summed E-state index contributed by atoms with van der Waals surface area (Å²) in [7, 11) is 0. The van der Waals surface area contributed by atoms with Gasteiger partial charge in [0.15, 0.2) is 0 Å². The van der Waals surface area contributed by atoms with E-state index in [1.807, 2.05) is 19.9 Å². The monoisotopic (exact) mass is 263 g/mol. The minimum absolute atomic E-state index is 0.00886. The summed E-state index contributed by atoms with van der Waals surface area (Å²) in [6, 6.07) is 6.95. The standard InChI is InChI=1S/C14H21N3O2/c1-3-16-8-10(2)14(19)17-9-11-5-4-6-12(7-11)13(15)18/h4-7,10,16H,3,8-9H2,1-2H3,(H2,15,18)(H,17,19). The first-order valence-electron chi connectivity index (χ1n) is 6.41. The van der Waals surface area contributed by atoms with Crippen LogP contribution >= 0.6 is 0 Å². The van der Waals surface area contributed by atoms with Crippen molar-refractivity contribution in [2.24, 2.45) is 11.7 Å². The van der Waals surface area contributed by atoms with E-state index in [4.69, 9.17) is 5.73 Å². The first kappa shape index (κ1) is 15.2. The molecule has 0 spiro atoms. The van der Waals surface area contributed by atoms with Gasteiger partial charge >= 0.3 is 0 Å². The fourth-order valence-corrected chi connectivity index (χ4v) is 1.65. The fourth-order valence-electron chi connectivity index (χ4n) is 1.65. The highest BCUT2D eigenvalue weighted by molar-refractivity contribution is 5.92. The zero-order valence-corrected chi connectivity index (χ0v) is 11.4. The van der Waals surface area contributed by atoms with Gasteiger partial charge in [-0.2, -0.15) is 0 Å². The summed E-state index contributed by atoms with van der Waals surface area (Å²) in [5.74, 6) is -0.557. The van der Waals surface area contributed by atoms with E-state index in [-0.39, 0.29) is 11.8 Å². The molecule has 0 saturated carbocycles. The molecular weight excluding hydrogens is 242 g/mol. The fraction of sp³-hybridized carbons (Fsp3) is 0.429. The number of nitrogens with two attached hydrogens (primary N) is 1. The number of benzene rings is 1. The number of nitrogens with one attached hydrogen (secondary N) is 2. The number of amides is 2. The van der Waals surface area contributed by atoms with Crippen LogP contribution in [0.25, 0.3) is 0 Å². The molecule has 1 atom stereocenters. The molecule has 0 bridgehead atoms. The Labute approximate surface area is 113 Å². The molecule has 19 heavy (non-hydrogen) atoms. The Morgan fingerprint density at radius 2 is 2.11 bits per heavy atom. The Bertz CT molecular complexity index is 446. The van der Waals surface area contributed by atoms with Crippen molar-refractivity contribution in [3.63, 3.8) is 0 Å². The van der Waals surface area contributed by atoms with Gasteiger partial charge in [-0.1, -0.05) is 26.0 Å². The Morgan fingerprint density at radius 3 is 2.74 bits per heavy atom. The molecule has 1 aromatic rings. The lowest BCUT2D eigenvalue weighted by Gasteiger charge is -2.12. The second-order valence-electron chi connectivity index (χ2n) is 4.49. The second kappa shape index (κ2) is 7.53. The first-order chi connectivity index (χ1) is 9.04. The van der Waals surface area contributed by atoms with Crippen molar-refractivity contribution in [1.82, 2.24) is 10.6 Å². The molecule has 2 amide bonds. The van der Waals surface area contributed by atoms with E-state index in [1.165, 1.54) is 0 Å². The van der Waals surface area contributed by atoms with Gasteiger partial charge in [-0.05, 0) is 24.2 Å². The lowest BCUT2D eigenvalue weighted by Crippen LogP contribution is -2.34. The van der Waals surface area contributed by atoms with Crippen molar-refractivity contribution >= 4 is 11.8 Å². The predicted molar refractivity (Wildman–Crippen MR) is 74.5 cm³/mol. The molecule has 1 rings (SSSR count). The molecule has 5 heteroatoms. The summed E-state index contributed by atoms with van der Waals surface area (Å²) in [6.45, 7) is 5.77. The van der Waals surface area contributed by atoms with E-state index in [0.717, 1.165) is 12.1 Å². The molecule has 0 saturated heterocycles. The smallest absolute Gasteiger partial charge is 0.248 e. The molecule has 0 aliphatic rings. The minimum Gasteiger partial charge on any atom is -0.366 e. The summed E-state index contributed by atoms with van der Waals surface area (Å²) in [5, 5.41) is 5.97. The summed E-state index contributed by atoms with van der Waals surface area (Å²) < 4.78 is 0. The number of carbonyl (C=O) groups is 2. The van der Waals surface area contributed by atoms with E-state index in [9.17, 15) is 9.59 Å². The van der Waals surface area contributed by atoms with Crippen LogP contribution in [-0.2, 0) is 11.3 Å². The van der Waals surface area contributed by atoms with Gasteiger partial charge in [-0.3, -0.25) is 9.59 Å². The predicted octanol–water partition coefficient (Wildman–Crippen LogP) is 0.647. The molecule has 0 aromatic heterocycles.